The molecule has 0 radical (unpaired) electrons. The summed E-state index contributed by atoms with van der Waals surface area (Å²) >= 11 is 1.56. The maximum Gasteiger partial charge on any atom is 0.416 e. The molecule has 0 saturated heterocycles. The number of carboxylic acids is 1. The number of ether oxygens (including phenoxy) is 1. The fraction of sp³-hybridized carbons (Fsp3) is 0.175. The number of carbonyl (C=O) groups is 3. The van der Waals surface area contributed by atoms with Crippen molar-refractivity contribution in [3.63, 3.8) is 0 Å². The number of benzene rings is 5. The first-order valence-corrected chi connectivity index (χ1v) is 16.9. The highest BCUT2D eigenvalue weighted by Crippen LogP contribution is 2.35. The number of halogens is 3. The second-order valence-corrected chi connectivity index (χ2v) is 13.2. The Morgan fingerprint density at radius 1 is 0.827 bits per heavy atom. The Morgan fingerprint density at radius 3 is 2.02 bits per heavy atom. The Labute approximate surface area is 304 Å². The lowest BCUT2D eigenvalue weighted by Gasteiger charge is -2.22. The zero-order valence-corrected chi connectivity index (χ0v) is 29.4. The Balaban J connectivity index is 1.19. The molecule has 12 heteroatoms. The van der Waals surface area contributed by atoms with E-state index < -0.39 is 42.5 Å². The third-order valence-corrected chi connectivity index (χ3v) is 9.12. The lowest BCUT2D eigenvalue weighted by atomic mass is 10.0. The van der Waals surface area contributed by atoms with Crippen molar-refractivity contribution >= 4 is 41.1 Å². The number of nitrogens with zero attached hydrogens (tertiary/aromatic N) is 2. The maximum absolute atomic E-state index is 13.6. The van der Waals surface area contributed by atoms with Crippen molar-refractivity contribution in [2.24, 2.45) is 0 Å². The van der Waals surface area contributed by atoms with E-state index in [1.54, 1.807) is 11.9 Å². The number of nitrogens with one attached hydrogen (secondary N) is 1. The van der Waals surface area contributed by atoms with Gasteiger partial charge in [-0.3, -0.25) is 14.4 Å². The number of hydrogen-bond donors (Lipinski definition) is 2. The standard InChI is InChI=1S/C40H36F3N3O5S/c1-26-4-8-28(9-5-26)29-13-20-35(21-14-29)52-45(2)33-17-6-27(7-18-33)24-46(25-38(48)49)39(50)30-10-15-32(16-11-30)44-37(47)22-31-12-19-34(51-3)23-36(31)40(41,42)43/h4-21,23H,22,24-25H2,1-3H3,(H,44,47)(H,48,49). The average molecular weight is 728 g/mol. The highest BCUT2D eigenvalue weighted by Gasteiger charge is 2.34. The van der Waals surface area contributed by atoms with Gasteiger partial charge in [-0.2, -0.15) is 13.2 Å². The molecule has 5 aromatic rings. The first-order valence-electron chi connectivity index (χ1n) is 16.1. The van der Waals surface area contributed by atoms with Crippen molar-refractivity contribution in [1.82, 2.24) is 4.90 Å². The molecule has 8 nitrogen and oxygen atoms in total. The van der Waals surface area contributed by atoms with Crippen molar-refractivity contribution in [1.29, 1.82) is 0 Å². The van der Waals surface area contributed by atoms with Crippen molar-refractivity contribution in [2.75, 3.05) is 30.3 Å². The minimum Gasteiger partial charge on any atom is -0.497 e. The van der Waals surface area contributed by atoms with Crippen molar-refractivity contribution in [3.8, 4) is 16.9 Å². The Hall–Kier alpha value is -5.75. The number of hydrogen-bond acceptors (Lipinski definition) is 6. The summed E-state index contributed by atoms with van der Waals surface area (Å²) in [6.07, 6.45) is -5.22. The van der Waals surface area contributed by atoms with Crippen LogP contribution in [0, 0.1) is 6.92 Å². The number of aryl methyl sites for hydroxylation is 1. The van der Waals surface area contributed by atoms with Gasteiger partial charge in [0.15, 0.2) is 0 Å². The highest BCUT2D eigenvalue weighted by atomic mass is 32.2. The van der Waals surface area contributed by atoms with Crippen LogP contribution >= 0.6 is 11.9 Å². The third-order valence-electron chi connectivity index (χ3n) is 8.16. The summed E-state index contributed by atoms with van der Waals surface area (Å²) in [5.41, 5.74) is 4.37. The van der Waals surface area contributed by atoms with Crippen molar-refractivity contribution in [2.45, 2.75) is 31.0 Å². The largest absolute Gasteiger partial charge is 0.497 e. The Morgan fingerprint density at radius 2 is 1.44 bits per heavy atom. The summed E-state index contributed by atoms with van der Waals surface area (Å²) in [6.45, 7) is 1.55. The van der Waals surface area contributed by atoms with E-state index in [0.717, 1.165) is 33.3 Å². The van der Waals surface area contributed by atoms with Crippen LogP contribution in [-0.2, 0) is 28.7 Å². The summed E-state index contributed by atoms with van der Waals surface area (Å²) in [7, 11) is 3.20. The molecule has 0 bridgehead atoms. The van der Waals surface area contributed by atoms with Gasteiger partial charge in [-0.25, -0.2) is 0 Å². The number of rotatable bonds is 13. The Bertz CT molecular complexity index is 2020. The van der Waals surface area contributed by atoms with E-state index in [0.29, 0.717) is 0 Å². The second kappa shape index (κ2) is 16.5. The summed E-state index contributed by atoms with van der Waals surface area (Å²) in [6, 6.07) is 33.2. The molecule has 2 N–H and O–H groups in total. The van der Waals surface area contributed by atoms with E-state index in [-0.39, 0.29) is 29.1 Å². The van der Waals surface area contributed by atoms with E-state index in [2.05, 4.69) is 60.8 Å². The first-order chi connectivity index (χ1) is 24.8. The molecule has 0 heterocycles. The molecule has 0 fully saturated rings. The number of amides is 2. The van der Waals surface area contributed by atoms with E-state index >= 15 is 0 Å². The van der Waals surface area contributed by atoms with E-state index in [9.17, 15) is 32.7 Å². The fourth-order valence-corrected chi connectivity index (χ4v) is 6.22. The van der Waals surface area contributed by atoms with Crippen molar-refractivity contribution in [3.05, 3.63) is 143 Å². The molecule has 0 aliphatic carbocycles. The number of methoxy groups -OCH3 is 1. The van der Waals surface area contributed by atoms with Crippen molar-refractivity contribution < 1.29 is 37.4 Å². The van der Waals surface area contributed by atoms with Crippen LogP contribution in [0.3, 0.4) is 0 Å². The van der Waals surface area contributed by atoms with Gasteiger partial charge < -0.3 is 24.4 Å². The van der Waals surface area contributed by atoms with Gasteiger partial charge in [0.25, 0.3) is 5.91 Å². The summed E-state index contributed by atoms with van der Waals surface area (Å²) in [4.78, 5) is 40.0. The lowest BCUT2D eigenvalue weighted by molar-refractivity contribution is -0.139. The molecule has 5 rings (SSSR count). The van der Waals surface area contributed by atoms with Crippen LogP contribution in [0.1, 0.15) is 32.6 Å². The number of aliphatic carboxylic acids is 1. The second-order valence-electron chi connectivity index (χ2n) is 12.0. The molecular formula is C40H36F3N3O5S. The van der Waals surface area contributed by atoms with Crippen LogP contribution in [0.5, 0.6) is 5.75 Å². The zero-order valence-electron chi connectivity index (χ0n) is 28.6. The summed E-state index contributed by atoms with van der Waals surface area (Å²) in [5, 5.41) is 12.1. The van der Waals surface area contributed by atoms with E-state index in [4.69, 9.17) is 4.74 Å². The summed E-state index contributed by atoms with van der Waals surface area (Å²) < 4.78 is 47.6. The van der Waals surface area contributed by atoms with Gasteiger partial charge in [0.05, 0.1) is 19.1 Å². The van der Waals surface area contributed by atoms with Crippen LogP contribution in [-0.4, -0.2) is 48.5 Å². The predicted octanol–water partition coefficient (Wildman–Crippen LogP) is 8.74. The molecular weight excluding hydrogens is 692 g/mol. The topological polar surface area (TPSA) is 99.2 Å². The monoisotopic (exact) mass is 727 g/mol. The SMILES string of the molecule is COc1ccc(CC(=O)Nc2ccc(C(=O)N(CC(=O)O)Cc3ccc(N(C)Sc4ccc(-c5ccc(C)cc5)cc4)cc3)cc2)c(C(F)(F)F)c1. The number of alkyl halides is 3. The molecule has 0 saturated carbocycles. The van der Waals surface area contributed by atoms with Gasteiger partial charge in [0, 0.05) is 35.4 Å². The minimum atomic E-state index is -4.68. The molecule has 0 aliphatic heterocycles. The zero-order chi connectivity index (χ0) is 37.4. The van der Waals surface area contributed by atoms with Gasteiger partial charge in [-0.05, 0) is 102 Å². The van der Waals surface area contributed by atoms with Gasteiger partial charge >= 0.3 is 12.1 Å². The van der Waals surface area contributed by atoms with Gasteiger partial charge in [0.1, 0.15) is 12.3 Å². The van der Waals surface area contributed by atoms with Crippen LogP contribution in [0.25, 0.3) is 11.1 Å². The summed E-state index contributed by atoms with van der Waals surface area (Å²) in [5.74, 6) is -2.40. The van der Waals surface area contributed by atoms with Gasteiger partial charge in [-0.15, -0.1) is 0 Å². The average Bonchev–Trinajstić information content (AvgIpc) is 3.12. The highest BCUT2D eigenvalue weighted by molar-refractivity contribution is 8.00. The van der Waals surface area contributed by atoms with Crippen LogP contribution in [0.2, 0.25) is 0 Å². The molecule has 0 atom stereocenters. The van der Waals surface area contributed by atoms with Crippen LogP contribution in [0.4, 0.5) is 24.5 Å². The quantitative estimate of drug-likeness (QED) is 0.117. The van der Waals surface area contributed by atoms with E-state index in [1.807, 2.05) is 35.6 Å². The smallest absolute Gasteiger partial charge is 0.416 e. The first kappa shape index (κ1) is 37.5. The molecule has 0 aromatic heterocycles. The van der Waals surface area contributed by atoms with Crippen LogP contribution < -0.4 is 14.4 Å². The maximum atomic E-state index is 13.6. The Kier molecular flexibility index (Phi) is 11.9. The molecule has 0 unspecified atom stereocenters. The normalized spacial score (nSPS) is 11.1. The number of anilines is 2. The van der Waals surface area contributed by atoms with Crippen LogP contribution in [0.15, 0.2) is 120 Å². The van der Waals surface area contributed by atoms with Gasteiger partial charge in [-0.1, -0.05) is 60.2 Å². The molecule has 5 aromatic carbocycles. The third kappa shape index (κ3) is 9.94. The van der Waals surface area contributed by atoms with E-state index in [1.165, 1.54) is 54.0 Å². The molecule has 2 amide bonds. The number of carboxylic acid groups (broad SMARTS) is 1. The fourth-order valence-electron chi connectivity index (χ4n) is 5.42. The lowest BCUT2D eigenvalue weighted by Crippen LogP contribution is -2.35. The number of carbonyl (C=O) groups excluding carboxylic acids is 2. The molecule has 0 spiro atoms. The predicted molar refractivity (Wildman–Crippen MR) is 196 cm³/mol. The molecule has 268 valence electrons. The molecule has 52 heavy (non-hydrogen) atoms. The van der Waals surface area contributed by atoms with Gasteiger partial charge in [0.2, 0.25) is 5.91 Å². The molecule has 0 aliphatic rings. The minimum absolute atomic E-state index is 0.0179.